The van der Waals surface area contributed by atoms with Crippen molar-refractivity contribution in [1.82, 2.24) is 4.90 Å². The van der Waals surface area contributed by atoms with Crippen LogP contribution < -0.4 is 5.32 Å². The third kappa shape index (κ3) is 4.64. The van der Waals surface area contributed by atoms with Gasteiger partial charge < -0.3 is 5.32 Å². The molecule has 31 heavy (non-hydrogen) atoms. The van der Waals surface area contributed by atoms with E-state index in [0.29, 0.717) is 16.7 Å². The smallest absolute Gasteiger partial charge is 0.322 e. The minimum atomic E-state index is -4.39. The van der Waals surface area contributed by atoms with Crippen molar-refractivity contribution in [1.29, 1.82) is 0 Å². The molecule has 0 fully saturated rings. The molecular formula is C25H23F3N2O. The Morgan fingerprint density at radius 1 is 1.00 bits per heavy atom. The van der Waals surface area contributed by atoms with Gasteiger partial charge in [0, 0.05) is 24.3 Å². The highest BCUT2D eigenvalue weighted by Gasteiger charge is 2.30. The summed E-state index contributed by atoms with van der Waals surface area (Å²) in [6.45, 7) is 5.07. The minimum absolute atomic E-state index is 0.290. The zero-order valence-corrected chi connectivity index (χ0v) is 17.2. The van der Waals surface area contributed by atoms with E-state index in [1.807, 2.05) is 12.1 Å². The first-order valence-electron chi connectivity index (χ1n) is 10.3. The number of alkyl halides is 3. The molecule has 4 rings (SSSR count). The van der Waals surface area contributed by atoms with Gasteiger partial charge in [0.1, 0.15) is 0 Å². The molecule has 0 radical (unpaired) electrons. The predicted octanol–water partition coefficient (Wildman–Crippen LogP) is 6.00. The van der Waals surface area contributed by atoms with E-state index in [1.54, 1.807) is 24.3 Å². The number of halogens is 3. The second-order valence-corrected chi connectivity index (χ2v) is 7.68. The number of hydrogen-bond donors (Lipinski definition) is 1. The van der Waals surface area contributed by atoms with Crippen molar-refractivity contribution in [3.63, 3.8) is 0 Å². The maximum absolute atomic E-state index is 13.0. The zero-order chi connectivity index (χ0) is 22.0. The lowest BCUT2D eigenvalue weighted by molar-refractivity contribution is -0.137. The molecule has 160 valence electrons. The summed E-state index contributed by atoms with van der Waals surface area (Å²) in [6.07, 6.45) is -3.45. The number of carbonyl (C=O) groups is 1. The Morgan fingerprint density at radius 2 is 1.74 bits per heavy atom. The van der Waals surface area contributed by atoms with Gasteiger partial charge in [0.15, 0.2) is 0 Å². The molecule has 1 N–H and O–H groups in total. The summed E-state index contributed by atoms with van der Waals surface area (Å²) in [6, 6.07) is 17.8. The molecule has 0 saturated carbocycles. The van der Waals surface area contributed by atoms with Gasteiger partial charge in [0.25, 0.3) is 5.91 Å². The van der Waals surface area contributed by atoms with Crippen LogP contribution in [0.2, 0.25) is 0 Å². The number of amides is 1. The number of benzene rings is 3. The van der Waals surface area contributed by atoms with Crippen LogP contribution in [-0.4, -0.2) is 23.9 Å². The average molecular weight is 424 g/mol. The molecule has 0 saturated heterocycles. The second kappa shape index (κ2) is 8.55. The van der Waals surface area contributed by atoms with E-state index in [9.17, 15) is 18.0 Å². The summed E-state index contributed by atoms with van der Waals surface area (Å²) in [4.78, 5) is 15.4. The fraction of sp³-hybridized carbons (Fsp3) is 0.240. The van der Waals surface area contributed by atoms with Gasteiger partial charge in [-0.05, 0) is 65.6 Å². The zero-order valence-electron chi connectivity index (χ0n) is 17.2. The van der Waals surface area contributed by atoms with Crippen LogP contribution in [0.5, 0.6) is 0 Å². The molecule has 0 atom stereocenters. The van der Waals surface area contributed by atoms with Crippen LogP contribution in [0.25, 0.3) is 11.1 Å². The summed E-state index contributed by atoms with van der Waals surface area (Å²) in [7, 11) is 0. The van der Waals surface area contributed by atoms with Crippen LogP contribution >= 0.6 is 0 Å². The molecule has 1 heterocycles. The Balaban J connectivity index is 1.57. The van der Waals surface area contributed by atoms with Crippen molar-refractivity contribution in [2.75, 3.05) is 18.4 Å². The van der Waals surface area contributed by atoms with E-state index in [1.165, 1.54) is 23.3 Å². The van der Waals surface area contributed by atoms with Crippen LogP contribution in [0.4, 0.5) is 18.9 Å². The molecule has 0 unspecified atom stereocenters. The topological polar surface area (TPSA) is 32.3 Å². The number of anilines is 1. The Hall–Kier alpha value is -3.12. The van der Waals surface area contributed by atoms with Gasteiger partial charge in [-0.25, -0.2) is 0 Å². The summed E-state index contributed by atoms with van der Waals surface area (Å²) >= 11 is 0. The molecule has 0 spiro atoms. The average Bonchev–Trinajstić information content (AvgIpc) is 2.78. The predicted molar refractivity (Wildman–Crippen MR) is 116 cm³/mol. The molecule has 6 heteroatoms. The first-order valence-corrected chi connectivity index (χ1v) is 10.3. The third-order valence-electron chi connectivity index (χ3n) is 5.70. The molecule has 0 aromatic heterocycles. The number of fused-ring (bicyclic) bond motifs is 1. The van der Waals surface area contributed by atoms with Crippen molar-refractivity contribution < 1.29 is 18.0 Å². The van der Waals surface area contributed by atoms with E-state index < -0.39 is 11.7 Å². The number of carbonyl (C=O) groups excluding carboxylic acids is 1. The largest absolute Gasteiger partial charge is 0.416 e. The summed E-state index contributed by atoms with van der Waals surface area (Å²) in [5, 5.41) is 2.95. The summed E-state index contributed by atoms with van der Waals surface area (Å²) in [5.74, 6) is -0.290. The lowest BCUT2D eigenvalue weighted by Gasteiger charge is -2.27. The highest BCUT2D eigenvalue weighted by Crippen LogP contribution is 2.32. The Bertz CT molecular complexity index is 1090. The highest BCUT2D eigenvalue weighted by molar-refractivity contribution is 6.08. The summed E-state index contributed by atoms with van der Waals surface area (Å²) < 4.78 is 38.6. The molecule has 1 amide bonds. The van der Waals surface area contributed by atoms with E-state index in [4.69, 9.17) is 0 Å². The Kier molecular flexibility index (Phi) is 5.83. The van der Waals surface area contributed by atoms with Crippen molar-refractivity contribution in [3.8, 4) is 11.1 Å². The monoisotopic (exact) mass is 424 g/mol. The SMILES string of the molecule is CCN1CCc2cc(NC(=O)c3ccccc3-c3ccc(C(F)(F)F)cc3)ccc2C1. The van der Waals surface area contributed by atoms with Crippen molar-refractivity contribution in [2.24, 2.45) is 0 Å². The number of hydrogen-bond acceptors (Lipinski definition) is 2. The summed E-state index contributed by atoms with van der Waals surface area (Å²) in [5.41, 5.74) is 4.07. The number of nitrogens with zero attached hydrogens (tertiary/aromatic N) is 1. The van der Waals surface area contributed by atoms with Gasteiger partial charge in [-0.3, -0.25) is 9.69 Å². The van der Waals surface area contributed by atoms with Crippen LogP contribution in [-0.2, 0) is 19.1 Å². The fourth-order valence-corrected chi connectivity index (χ4v) is 3.93. The highest BCUT2D eigenvalue weighted by atomic mass is 19.4. The normalized spacial score (nSPS) is 14.2. The van der Waals surface area contributed by atoms with E-state index in [-0.39, 0.29) is 5.91 Å². The van der Waals surface area contributed by atoms with Crippen molar-refractivity contribution >= 4 is 11.6 Å². The molecule has 0 aliphatic carbocycles. The maximum Gasteiger partial charge on any atom is 0.416 e. The lowest BCUT2D eigenvalue weighted by atomic mass is 9.97. The third-order valence-corrected chi connectivity index (χ3v) is 5.70. The van der Waals surface area contributed by atoms with Crippen LogP contribution in [0, 0.1) is 0 Å². The molecule has 3 aromatic rings. The van der Waals surface area contributed by atoms with E-state index in [0.717, 1.165) is 43.9 Å². The van der Waals surface area contributed by atoms with Crippen LogP contribution in [0.1, 0.15) is 34.0 Å². The molecule has 0 bridgehead atoms. The first-order chi connectivity index (χ1) is 14.8. The first kappa shape index (κ1) is 21.1. The Morgan fingerprint density at radius 3 is 2.45 bits per heavy atom. The van der Waals surface area contributed by atoms with Gasteiger partial charge in [-0.2, -0.15) is 13.2 Å². The van der Waals surface area contributed by atoms with Crippen molar-refractivity contribution in [3.05, 3.63) is 89.0 Å². The standard InChI is InChI=1S/C25H23F3N2O/c1-2-30-14-13-18-15-21(12-9-19(18)16-30)29-24(31)23-6-4-3-5-22(23)17-7-10-20(11-8-17)25(26,27)28/h3-12,15H,2,13-14,16H2,1H3,(H,29,31). The van der Waals surface area contributed by atoms with Gasteiger partial charge >= 0.3 is 6.18 Å². The van der Waals surface area contributed by atoms with E-state index in [2.05, 4.69) is 23.2 Å². The van der Waals surface area contributed by atoms with Crippen LogP contribution in [0.3, 0.4) is 0 Å². The van der Waals surface area contributed by atoms with Gasteiger partial charge in [-0.15, -0.1) is 0 Å². The van der Waals surface area contributed by atoms with Crippen molar-refractivity contribution in [2.45, 2.75) is 26.1 Å². The molecule has 3 aromatic carbocycles. The molecule has 3 nitrogen and oxygen atoms in total. The Labute approximate surface area is 179 Å². The van der Waals surface area contributed by atoms with Gasteiger partial charge in [-0.1, -0.05) is 43.3 Å². The molecule has 1 aliphatic rings. The van der Waals surface area contributed by atoms with E-state index >= 15 is 0 Å². The minimum Gasteiger partial charge on any atom is -0.322 e. The quantitative estimate of drug-likeness (QED) is 0.557. The maximum atomic E-state index is 13.0. The number of rotatable bonds is 4. The lowest BCUT2D eigenvalue weighted by Crippen LogP contribution is -2.30. The molecule has 1 aliphatic heterocycles. The van der Waals surface area contributed by atoms with Crippen LogP contribution in [0.15, 0.2) is 66.7 Å². The second-order valence-electron chi connectivity index (χ2n) is 7.68. The molecular weight excluding hydrogens is 401 g/mol. The number of nitrogens with one attached hydrogen (secondary N) is 1. The van der Waals surface area contributed by atoms with Gasteiger partial charge in [0.05, 0.1) is 5.56 Å². The van der Waals surface area contributed by atoms with Gasteiger partial charge in [0.2, 0.25) is 0 Å². The fourth-order valence-electron chi connectivity index (χ4n) is 3.93. The number of likely N-dealkylation sites (N-methyl/N-ethyl adjacent to an activating group) is 1.